The Morgan fingerprint density at radius 1 is 1.54 bits per heavy atom. The zero-order valence-corrected chi connectivity index (χ0v) is 7.61. The van der Waals surface area contributed by atoms with Gasteiger partial charge in [0.05, 0.1) is 25.7 Å². The predicted molar refractivity (Wildman–Crippen MR) is 47.1 cm³/mol. The van der Waals surface area contributed by atoms with Gasteiger partial charge >= 0.3 is 0 Å². The topological polar surface area (TPSA) is 75.8 Å². The number of ether oxygens (including phenoxy) is 1. The smallest absolute Gasteiger partial charge is 0.220 e. The van der Waals surface area contributed by atoms with Crippen molar-refractivity contribution >= 4 is 5.91 Å². The molecule has 76 valence electrons. The Morgan fingerprint density at radius 2 is 2.15 bits per heavy atom. The Balaban J connectivity index is 2.18. The monoisotopic (exact) mass is 188 g/mol. The minimum absolute atomic E-state index is 0.0390. The molecular formula is C8H16N2O3. The molecule has 0 aliphatic carbocycles. The highest BCUT2D eigenvalue weighted by Gasteiger charge is 2.15. The SMILES string of the molecule is NC(=O)C[C@H](O)CN1CCOCC1. The fourth-order valence-corrected chi connectivity index (χ4v) is 1.38. The van der Waals surface area contributed by atoms with Gasteiger partial charge in [0, 0.05) is 19.6 Å². The molecule has 0 bridgehead atoms. The summed E-state index contributed by atoms with van der Waals surface area (Å²) in [6.45, 7) is 3.53. The van der Waals surface area contributed by atoms with Gasteiger partial charge in [-0.15, -0.1) is 0 Å². The third-order valence-corrected chi connectivity index (χ3v) is 2.01. The highest BCUT2D eigenvalue weighted by molar-refractivity contribution is 5.74. The fourth-order valence-electron chi connectivity index (χ4n) is 1.38. The van der Waals surface area contributed by atoms with E-state index < -0.39 is 12.0 Å². The number of amides is 1. The number of morpholine rings is 1. The van der Waals surface area contributed by atoms with Crippen LogP contribution in [-0.4, -0.2) is 54.9 Å². The maximum Gasteiger partial charge on any atom is 0.220 e. The Hall–Kier alpha value is -0.650. The summed E-state index contributed by atoms with van der Waals surface area (Å²) in [5.74, 6) is -0.458. The zero-order chi connectivity index (χ0) is 9.68. The molecule has 13 heavy (non-hydrogen) atoms. The molecule has 1 aliphatic rings. The molecule has 1 rings (SSSR count). The van der Waals surface area contributed by atoms with Gasteiger partial charge < -0.3 is 15.6 Å². The highest BCUT2D eigenvalue weighted by atomic mass is 16.5. The van der Waals surface area contributed by atoms with Crippen molar-refractivity contribution < 1.29 is 14.6 Å². The van der Waals surface area contributed by atoms with Crippen LogP contribution in [0, 0.1) is 0 Å². The molecule has 1 heterocycles. The average molecular weight is 188 g/mol. The maximum absolute atomic E-state index is 10.5. The third kappa shape index (κ3) is 4.21. The molecule has 1 atom stereocenters. The number of aliphatic hydroxyl groups is 1. The number of nitrogens with two attached hydrogens (primary N) is 1. The molecular weight excluding hydrogens is 172 g/mol. The van der Waals surface area contributed by atoms with Crippen molar-refractivity contribution in [2.45, 2.75) is 12.5 Å². The van der Waals surface area contributed by atoms with Crippen molar-refractivity contribution in [2.24, 2.45) is 5.73 Å². The second kappa shape index (κ2) is 5.16. The summed E-state index contributed by atoms with van der Waals surface area (Å²) < 4.78 is 5.15. The Morgan fingerprint density at radius 3 is 2.69 bits per heavy atom. The standard InChI is InChI=1S/C8H16N2O3/c9-8(12)5-7(11)6-10-1-3-13-4-2-10/h7,11H,1-6H2,(H2,9,12)/t7-/m0/s1. The first-order valence-corrected chi connectivity index (χ1v) is 4.45. The lowest BCUT2D eigenvalue weighted by atomic mass is 10.2. The lowest BCUT2D eigenvalue weighted by Gasteiger charge is -2.28. The Kier molecular flexibility index (Phi) is 4.14. The summed E-state index contributed by atoms with van der Waals surface area (Å²) in [6, 6.07) is 0. The molecule has 1 fully saturated rings. The van der Waals surface area contributed by atoms with Crippen LogP contribution in [0.5, 0.6) is 0 Å². The van der Waals surface area contributed by atoms with E-state index in [1.165, 1.54) is 0 Å². The summed E-state index contributed by atoms with van der Waals surface area (Å²) in [4.78, 5) is 12.5. The molecule has 1 amide bonds. The largest absolute Gasteiger partial charge is 0.391 e. The molecule has 3 N–H and O–H groups in total. The number of carbonyl (C=O) groups is 1. The molecule has 0 aromatic heterocycles. The highest BCUT2D eigenvalue weighted by Crippen LogP contribution is 2.00. The van der Waals surface area contributed by atoms with E-state index in [9.17, 15) is 9.90 Å². The number of nitrogens with zero attached hydrogens (tertiary/aromatic N) is 1. The molecule has 0 aromatic rings. The van der Waals surface area contributed by atoms with Crippen LogP contribution in [-0.2, 0) is 9.53 Å². The van der Waals surface area contributed by atoms with Crippen molar-refractivity contribution in [1.82, 2.24) is 4.90 Å². The quantitative estimate of drug-likeness (QED) is 0.566. The van der Waals surface area contributed by atoms with E-state index >= 15 is 0 Å². The van der Waals surface area contributed by atoms with E-state index in [1.54, 1.807) is 0 Å². The van der Waals surface area contributed by atoms with Gasteiger partial charge in [-0.05, 0) is 0 Å². The molecule has 0 saturated carbocycles. The minimum atomic E-state index is -0.643. The first-order chi connectivity index (χ1) is 6.18. The number of hydrogen-bond acceptors (Lipinski definition) is 4. The summed E-state index contributed by atoms with van der Waals surface area (Å²) in [5, 5.41) is 9.39. The van der Waals surface area contributed by atoms with Crippen LogP contribution in [0.2, 0.25) is 0 Å². The van der Waals surface area contributed by atoms with Crippen LogP contribution >= 0.6 is 0 Å². The van der Waals surface area contributed by atoms with Crippen molar-refractivity contribution in [2.75, 3.05) is 32.8 Å². The molecule has 0 radical (unpaired) electrons. The molecule has 5 nitrogen and oxygen atoms in total. The molecule has 0 aromatic carbocycles. The molecule has 0 spiro atoms. The van der Waals surface area contributed by atoms with Crippen LogP contribution in [0.4, 0.5) is 0 Å². The van der Waals surface area contributed by atoms with Crippen LogP contribution in [0.3, 0.4) is 0 Å². The van der Waals surface area contributed by atoms with Gasteiger partial charge in [-0.25, -0.2) is 0 Å². The van der Waals surface area contributed by atoms with Gasteiger partial charge in [0.15, 0.2) is 0 Å². The van der Waals surface area contributed by atoms with E-state index in [1.807, 2.05) is 0 Å². The number of primary amides is 1. The summed E-state index contributed by atoms with van der Waals surface area (Å²) in [6.07, 6.45) is -0.604. The van der Waals surface area contributed by atoms with Crippen molar-refractivity contribution in [3.05, 3.63) is 0 Å². The van der Waals surface area contributed by atoms with E-state index in [0.29, 0.717) is 19.8 Å². The van der Waals surface area contributed by atoms with Crippen LogP contribution in [0.25, 0.3) is 0 Å². The predicted octanol–water partition coefficient (Wildman–Crippen LogP) is -1.45. The second-order valence-electron chi connectivity index (χ2n) is 3.24. The number of hydrogen-bond donors (Lipinski definition) is 2. The van der Waals surface area contributed by atoms with Gasteiger partial charge in [0.25, 0.3) is 0 Å². The molecule has 1 saturated heterocycles. The van der Waals surface area contributed by atoms with Crippen LogP contribution in [0.1, 0.15) is 6.42 Å². The number of carbonyl (C=O) groups excluding carboxylic acids is 1. The van der Waals surface area contributed by atoms with E-state index in [-0.39, 0.29) is 6.42 Å². The van der Waals surface area contributed by atoms with E-state index in [4.69, 9.17) is 10.5 Å². The summed E-state index contributed by atoms with van der Waals surface area (Å²) in [7, 11) is 0. The van der Waals surface area contributed by atoms with Gasteiger partial charge in [-0.2, -0.15) is 0 Å². The Labute approximate surface area is 77.5 Å². The van der Waals surface area contributed by atoms with Gasteiger partial charge in [-0.1, -0.05) is 0 Å². The second-order valence-corrected chi connectivity index (χ2v) is 3.24. The molecule has 1 aliphatic heterocycles. The zero-order valence-electron chi connectivity index (χ0n) is 7.61. The van der Waals surface area contributed by atoms with Crippen molar-refractivity contribution in [3.63, 3.8) is 0 Å². The van der Waals surface area contributed by atoms with E-state index in [2.05, 4.69) is 4.90 Å². The number of aliphatic hydroxyl groups excluding tert-OH is 1. The fraction of sp³-hybridized carbons (Fsp3) is 0.875. The first kappa shape index (κ1) is 10.4. The van der Waals surface area contributed by atoms with Gasteiger partial charge in [-0.3, -0.25) is 9.69 Å². The van der Waals surface area contributed by atoms with Crippen molar-refractivity contribution in [3.8, 4) is 0 Å². The summed E-state index contributed by atoms with van der Waals surface area (Å²) in [5.41, 5.74) is 4.96. The van der Waals surface area contributed by atoms with Gasteiger partial charge in [0.1, 0.15) is 0 Å². The third-order valence-electron chi connectivity index (χ3n) is 2.01. The average Bonchev–Trinajstić information content (AvgIpc) is 2.04. The number of rotatable bonds is 4. The lowest BCUT2D eigenvalue weighted by molar-refractivity contribution is -0.120. The van der Waals surface area contributed by atoms with Crippen molar-refractivity contribution in [1.29, 1.82) is 0 Å². The van der Waals surface area contributed by atoms with Crippen LogP contribution < -0.4 is 5.73 Å². The Bertz CT molecular complexity index is 169. The minimum Gasteiger partial charge on any atom is -0.391 e. The summed E-state index contributed by atoms with van der Waals surface area (Å²) >= 11 is 0. The van der Waals surface area contributed by atoms with Gasteiger partial charge in [0.2, 0.25) is 5.91 Å². The van der Waals surface area contributed by atoms with Crippen LogP contribution in [0.15, 0.2) is 0 Å². The lowest BCUT2D eigenvalue weighted by Crippen LogP contribution is -2.41. The normalized spacial score (nSPS) is 21.3. The molecule has 0 unspecified atom stereocenters. The number of β-amino-alcohol motifs (C(OH)–C–C–N with tert-alkyl or cyclic N) is 1. The first-order valence-electron chi connectivity index (χ1n) is 4.45. The van der Waals surface area contributed by atoms with E-state index in [0.717, 1.165) is 13.1 Å². The maximum atomic E-state index is 10.5. The molecule has 5 heteroatoms.